The van der Waals surface area contributed by atoms with E-state index in [2.05, 4.69) is 19.9 Å². The van der Waals surface area contributed by atoms with Gasteiger partial charge in [0.15, 0.2) is 0 Å². The van der Waals surface area contributed by atoms with Crippen LogP contribution in [0, 0.1) is 0 Å². The van der Waals surface area contributed by atoms with E-state index < -0.39 is 0 Å². The van der Waals surface area contributed by atoms with Gasteiger partial charge in [-0.1, -0.05) is 26.7 Å². The minimum Gasteiger partial charge on any atom is -0.502 e. The number of hydrogen-bond acceptors (Lipinski definition) is 1. The normalized spacial score (nSPS) is 10.7. The standard InChI is InChI=1S/C10H20O/c1-3-5-7-8-10-11-9-6-4-2/h8,10H,3-7,9H2,1-2H3/b10-8+. The van der Waals surface area contributed by atoms with Crippen molar-refractivity contribution >= 4 is 0 Å². The third-order valence-electron chi connectivity index (χ3n) is 1.53. The number of hydrogen-bond donors (Lipinski definition) is 0. The van der Waals surface area contributed by atoms with Crippen LogP contribution in [0.15, 0.2) is 12.3 Å². The zero-order valence-electron chi connectivity index (χ0n) is 7.81. The molecule has 11 heavy (non-hydrogen) atoms. The number of rotatable bonds is 7. The van der Waals surface area contributed by atoms with Crippen molar-refractivity contribution in [3.05, 3.63) is 12.3 Å². The molecule has 0 amide bonds. The summed E-state index contributed by atoms with van der Waals surface area (Å²) >= 11 is 0. The van der Waals surface area contributed by atoms with Crippen LogP contribution in [0.1, 0.15) is 46.0 Å². The van der Waals surface area contributed by atoms with Crippen molar-refractivity contribution in [1.82, 2.24) is 0 Å². The van der Waals surface area contributed by atoms with E-state index in [4.69, 9.17) is 4.74 Å². The van der Waals surface area contributed by atoms with Crippen LogP contribution >= 0.6 is 0 Å². The summed E-state index contributed by atoms with van der Waals surface area (Å²) < 4.78 is 5.24. The van der Waals surface area contributed by atoms with Gasteiger partial charge in [0, 0.05) is 0 Å². The maximum absolute atomic E-state index is 5.24. The molecule has 0 aliphatic heterocycles. The molecule has 0 aliphatic carbocycles. The van der Waals surface area contributed by atoms with Gasteiger partial charge >= 0.3 is 0 Å². The summed E-state index contributed by atoms with van der Waals surface area (Å²) in [6.45, 7) is 5.25. The molecule has 0 aliphatic rings. The SMILES string of the molecule is CCCC/C=C/OCCCC. The fourth-order valence-corrected chi connectivity index (χ4v) is 0.754. The number of allylic oxidation sites excluding steroid dienone is 1. The Labute approximate surface area is 70.4 Å². The zero-order valence-corrected chi connectivity index (χ0v) is 7.81. The lowest BCUT2D eigenvalue weighted by Crippen LogP contribution is -1.84. The molecule has 1 nitrogen and oxygen atoms in total. The van der Waals surface area contributed by atoms with Gasteiger partial charge in [-0.3, -0.25) is 0 Å². The first-order chi connectivity index (χ1) is 5.41. The van der Waals surface area contributed by atoms with Gasteiger partial charge in [-0.25, -0.2) is 0 Å². The quantitative estimate of drug-likeness (QED) is 0.405. The van der Waals surface area contributed by atoms with E-state index >= 15 is 0 Å². The largest absolute Gasteiger partial charge is 0.502 e. The van der Waals surface area contributed by atoms with Gasteiger partial charge in [-0.2, -0.15) is 0 Å². The molecule has 0 N–H and O–H groups in total. The Kier molecular flexibility index (Phi) is 9.14. The van der Waals surface area contributed by atoms with Gasteiger partial charge in [0.1, 0.15) is 0 Å². The van der Waals surface area contributed by atoms with E-state index in [0.29, 0.717) is 0 Å². The van der Waals surface area contributed by atoms with Gasteiger partial charge in [-0.15, -0.1) is 0 Å². The molecule has 0 aromatic heterocycles. The van der Waals surface area contributed by atoms with Gasteiger partial charge in [0.05, 0.1) is 12.9 Å². The van der Waals surface area contributed by atoms with Crippen molar-refractivity contribution in [2.24, 2.45) is 0 Å². The van der Waals surface area contributed by atoms with Crippen LogP contribution in [-0.2, 0) is 4.74 Å². The lowest BCUT2D eigenvalue weighted by Gasteiger charge is -1.96. The average molecular weight is 156 g/mol. The Bertz CT molecular complexity index is 86.9. The molecule has 1 heteroatoms. The van der Waals surface area contributed by atoms with Crippen molar-refractivity contribution in [1.29, 1.82) is 0 Å². The van der Waals surface area contributed by atoms with Crippen molar-refractivity contribution in [2.75, 3.05) is 6.61 Å². The molecule has 0 rings (SSSR count). The Hall–Kier alpha value is -0.460. The van der Waals surface area contributed by atoms with Crippen molar-refractivity contribution in [2.45, 2.75) is 46.0 Å². The zero-order chi connectivity index (χ0) is 8.36. The fourth-order valence-electron chi connectivity index (χ4n) is 0.754. The van der Waals surface area contributed by atoms with E-state index in [1.807, 2.05) is 6.26 Å². The van der Waals surface area contributed by atoms with Crippen LogP contribution in [0.5, 0.6) is 0 Å². The minimum atomic E-state index is 0.874. The van der Waals surface area contributed by atoms with Crippen LogP contribution in [-0.4, -0.2) is 6.61 Å². The molecule has 0 saturated heterocycles. The van der Waals surface area contributed by atoms with Crippen LogP contribution in [0.4, 0.5) is 0 Å². The average Bonchev–Trinajstić information content (AvgIpc) is 2.03. The molecule has 0 fully saturated rings. The summed E-state index contributed by atoms with van der Waals surface area (Å²) in [4.78, 5) is 0. The first-order valence-corrected chi connectivity index (χ1v) is 4.68. The van der Waals surface area contributed by atoms with Gasteiger partial charge in [-0.05, 0) is 25.3 Å². The first kappa shape index (κ1) is 10.5. The number of ether oxygens (including phenoxy) is 1. The maximum atomic E-state index is 5.24. The molecule has 0 aromatic rings. The molecular weight excluding hydrogens is 136 g/mol. The monoisotopic (exact) mass is 156 g/mol. The predicted molar refractivity (Wildman–Crippen MR) is 49.5 cm³/mol. The second kappa shape index (κ2) is 9.54. The summed E-state index contributed by atoms with van der Waals surface area (Å²) in [5, 5.41) is 0. The first-order valence-electron chi connectivity index (χ1n) is 4.68. The lowest BCUT2D eigenvalue weighted by atomic mass is 10.2. The summed E-state index contributed by atoms with van der Waals surface area (Å²) in [7, 11) is 0. The van der Waals surface area contributed by atoms with E-state index in [0.717, 1.165) is 19.4 Å². The molecule has 66 valence electrons. The summed E-state index contributed by atoms with van der Waals surface area (Å²) in [6, 6.07) is 0. The predicted octanol–water partition coefficient (Wildman–Crippen LogP) is 3.51. The topological polar surface area (TPSA) is 9.23 Å². The Morgan fingerprint density at radius 2 is 1.82 bits per heavy atom. The Morgan fingerprint density at radius 3 is 2.45 bits per heavy atom. The second-order valence-electron chi connectivity index (χ2n) is 2.74. The molecule has 0 heterocycles. The molecule has 0 atom stereocenters. The highest BCUT2D eigenvalue weighted by Gasteiger charge is 1.80. The molecule has 0 aromatic carbocycles. The highest BCUT2D eigenvalue weighted by Crippen LogP contribution is 1.95. The van der Waals surface area contributed by atoms with Crippen molar-refractivity contribution in [3.63, 3.8) is 0 Å². The maximum Gasteiger partial charge on any atom is 0.0873 e. The van der Waals surface area contributed by atoms with E-state index in [-0.39, 0.29) is 0 Å². The summed E-state index contributed by atoms with van der Waals surface area (Å²) in [5.74, 6) is 0. The van der Waals surface area contributed by atoms with E-state index in [9.17, 15) is 0 Å². The minimum absolute atomic E-state index is 0.874. The van der Waals surface area contributed by atoms with Crippen LogP contribution < -0.4 is 0 Å². The van der Waals surface area contributed by atoms with Crippen LogP contribution in [0.2, 0.25) is 0 Å². The number of unbranched alkanes of at least 4 members (excludes halogenated alkanes) is 3. The molecule has 0 radical (unpaired) electrons. The molecule has 0 bridgehead atoms. The second-order valence-corrected chi connectivity index (χ2v) is 2.74. The Balaban J connectivity index is 2.91. The van der Waals surface area contributed by atoms with E-state index in [1.165, 1.54) is 19.3 Å². The molecule has 0 spiro atoms. The summed E-state index contributed by atoms with van der Waals surface area (Å²) in [6.07, 6.45) is 10.0. The highest BCUT2D eigenvalue weighted by molar-refractivity contribution is 4.72. The lowest BCUT2D eigenvalue weighted by molar-refractivity contribution is 0.242. The van der Waals surface area contributed by atoms with Crippen molar-refractivity contribution < 1.29 is 4.74 Å². The van der Waals surface area contributed by atoms with Gasteiger partial charge < -0.3 is 4.74 Å². The smallest absolute Gasteiger partial charge is 0.0873 e. The fraction of sp³-hybridized carbons (Fsp3) is 0.800. The molecule has 0 unspecified atom stereocenters. The third kappa shape index (κ3) is 9.54. The van der Waals surface area contributed by atoms with Crippen molar-refractivity contribution in [3.8, 4) is 0 Å². The molecular formula is C10H20O. The van der Waals surface area contributed by atoms with Crippen LogP contribution in [0.3, 0.4) is 0 Å². The summed E-state index contributed by atoms with van der Waals surface area (Å²) in [5.41, 5.74) is 0. The van der Waals surface area contributed by atoms with Gasteiger partial charge in [0.2, 0.25) is 0 Å². The van der Waals surface area contributed by atoms with E-state index in [1.54, 1.807) is 0 Å². The molecule has 0 saturated carbocycles. The third-order valence-corrected chi connectivity index (χ3v) is 1.53. The highest BCUT2D eigenvalue weighted by atomic mass is 16.5. The van der Waals surface area contributed by atoms with Gasteiger partial charge in [0.25, 0.3) is 0 Å². The Morgan fingerprint density at radius 1 is 1.09 bits per heavy atom. The van der Waals surface area contributed by atoms with Crippen LogP contribution in [0.25, 0.3) is 0 Å².